The number of nitrogens with one attached hydrogen (secondary N) is 1. The number of thiophene rings is 1. The van der Waals surface area contributed by atoms with Crippen LogP contribution < -0.4 is 4.72 Å². The van der Waals surface area contributed by atoms with Crippen LogP contribution in [0.4, 0.5) is 5.69 Å². The Bertz CT molecular complexity index is 1100. The fourth-order valence-electron chi connectivity index (χ4n) is 3.63. The predicted molar refractivity (Wildman–Crippen MR) is 121 cm³/mol. The van der Waals surface area contributed by atoms with Crippen molar-refractivity contribution >= 4 is 33.0 Å². The average molecular weight is 441 g/mol. The number of anilines is 1. The van der Waals surface area contributed by atoms with Crippen LogP contribution >= 0.6 is 11.3 Å². The van der Waals surface area contributed by atoms with Gasteiger partial charge in [0, 0.05) is 18.5 Å². The van der Waals surface area contributed by atoms with Crippen LogP contribution in [-0.4, -0.2) is 32.3 Å². The lowest BCUT2D eigenvalue weighted by Gasteiger charge is -2.26. The van der Waals surface area contributed by atoms with Gasteiger partial charge >= 0.3 is 0 Å². The summed E-state index contributed by atoms with van der Waals surface area (Å²) in [5.74, 6) is 0.0563. The summed E-state index contributed by atoms with van der Waals surface area (Å²) in [6, 6.07) is 16.6. The van der Waals surface area contributed by atoms with Gasteiger partial charge in [-0.2, -0.15) is 0 Å². The molecule has 1 fully saturated rings. The number of nitrogens with zero attached hydrogens (tertiary/aromatic N) is 1. The maximum Gasteiger partial charge on any atom is 0.261 e. The second-order valence-electron chi connectivity index (χ2n) is 7.42. The van der Waals surface area contributed by atoms with E-state index in [0.717, 1.165) is 49.0 Å². The SMILES string of the molecule is O=C(Cc1cscc1NS(=O)(=O)c1ccc(-c2ccccc2)cc1)N1CCCCC1. The van der Waals surface area contributed by atoms with Crippen molar-refractivity contribution in [1.82, 2.24) is 4.90 Å². The minimum atomic E-state index is -3.73. The summed E-state index contributed by atoms with van der Waals surface area (Å²) in [6.45, 7) is 1.58. The van der Waals surface area contributed by atoms with E-state index in [-0.39, 0.29) is 17.2 Å². The fourth-order valence-corrected chi connectivity index (χ4v) is 5.58. The third-order valence-electron chi connectivity index (χ3n) is 5.31. The third kappa shape index (κ3) is 4.74. The van der Waals surface area contributed by atoms with Crippen molar-refractivity contribution in [3.63, 3.8) is 0 Å². The van der Waals surface area contributed by atoms with E-state index in [0.29, 0.717) is 5.69 Å². The lowest BCUT2D eigenvalue weighted by molar-refractivity contribution is -0.131. The zero-order chi connectivity index (χ0) is 21.0. The molecule has 7 heteroatoms. The van der Waals surface area contributed by atoms with Crippen LogP contribution in [0.1, 0.15) is 24.8 Å². The predicted octanol–water partition coefficient (Wildman–Crippen LogP) is 4.77. The molecular weight excluding hydrogens is 416 g/mol. The van der Waals surface area contributed by atoms with E-state index in [9.17, 15) is 13.2 Å². The molecule has 3 aromatic rings. The Morgan fingerprint density at radius 2 is 1.57 bits per heavy atom. The summed E-state index contributed by atoms with van der Waals surface area (Å²) in [7, 11) is -3.73. The summed E-state index contributed by atoms with van der Waals surface area (Å²) in [5, 5.41) is 3.59. The molecule has 0 radical (unpaired) electrons. The third-order valence-corrected chi connectivity index (χ3v) is 7.48. The van der Waals surface area contributed by atoms with Gasteiger partial charge in [0.15, 0.2) is 0 Å². The molecule has 0 aliphatic carbocycles. The molecule has 0 bridgehead atoms. The molecule has 0 unspecified atom stereocenters. The van der Waals surface area contributed by atoms with Crippen LogP contribution in [0.3, 0.4) is 0 Å². The van der Waals surface area contributed by atoms with E-state index < -0.39 is 10.0 Å². The van der Waals surface area contributed by atoms with E-state index in [4.69, 9.17) is 0 Å². The molecule has 156 valence electrons. The summed E-state index contributed by atoms with van der Waals surface area (Å²) >= 11 is 1.39. The van der Waals surface area contributed by atoms with E-state index in [2.05, 4.69) is 4.72 Å². The molecule has 1 amide bonds. The molecule has 1 aliphatic heterocycles. The highest BCUT2D eigenvalue weighted by molar-refractivity contribution is 7.92. The lowest BCUT2D eigenvalue weighted by atomic mass is 10.1. The number of rotatable bonds is 6. The standard InChI is InChI=1S/C23H24N2O3S2/c26-23(25-13-5-2-6-14-25)15-20-16-29-17-22(20)24-30(27,28)21-11-9-19(10-12-21)18-7-3-1-4-8-18/h1,3-4,7-12,16-17,24H,2,5-6,13-15H2. The minimum Gasteiger partial charge on any atom is -0.342 e. The Balaban J connectivity index is 1.47. The molecule has 1 aromatic heterocycles. The van der Waals surface area contributed by atoms with Crippen LogP contribution in [0.2, 0.25) is 0 Å². The largest absolute Gasteiger partial charge is 0.342 e. The first-order valence-electron chi connectivity index (χ1n) is 10.0. The van der Waals surface area contributed by atoms with E-state index in [1.807, 2.05) is 40.6 Å². The molecule has 1 aliphatic rings. The van der Waals surface area contributed by atoms with Gasteiger partial charge in [-0.05, 0) is 53.5 Å². The molecule has 0 saturated carbocycles. The number of carbonyl (C=O) groups excluding carboxylic acids is 1. The Morgan fingerprint density at radius 1 is 0.900 bits per heavy atom. The first kappa shape index (κ1) is 20.6. The van der Waals surface area contributed by atoms with Crippen molar-refractivity contribution in [1.29, 1.82) is 0 Å². The van der Waals surface area contributed by atoms with E-state index >= 15 is 0 Å². The van der Waals surface area contributed by atoms with Crippen molar-refractivity contribution in [3.05, 3.63) is 70.9 Å². The normalized spacial score (nSPS) is 14.5. The van der Waals surface area contributed by atoms with Crippen LogP contribution in [-0.2, 0) is 21.2 Å². The number of sulfonamides is 1. The molecule has 0 atom stereocenters. The van der Waals surface area contributed by atoms with Crippen molar-refractivity contribution in [2.45, 2.75) is 30.6 Å². The maximum atomic E-state index is 12.9. The minimum absolute atomic E-state index is 0.0563. The first-order chi connectivity index (χ1) is 14.5. The zero-order valence-electron chi connectivity index (χ0n) is 16.6. The van der Waals surface area contributed by atoms with Crippen molar-refractivity contribution in [3.8, 4) is 11.1 Å². The summed E-state index contributed by atoms with van der Waals surface area (Å²) in [4.78, 5) is 14.7. The molecule has 2 aromatic carbocycles. The smallest absolute Gasteiger partial charge is 0.261 e. The van der Waals surface area contributed by atoms with Gasteiger partial charge < -0.3 is 4.90 Å². The number of carbonyl (C=O) groups is 1. The Kier molecular flexibility index (Phi) is 6.20. The Labute approximate surface area is 181 Å². The summed E-state index contributed by atoms with van der Waals surface area (Å²) in [6.07, 6.45) is 3.45. The fraction of sp³-hybridized carbons (Fsp3) is 0.261. The molecule has 5 nitrogen and oxygen atoms in total. The van der Waals surface area contributed by atoms with Crippen LogP contribution in [0.5, 0.6) is 0 Å². The topological polar surface area (TPSA) is 66.5 Å². The second kappa shape index (κ2) is 9.02. The van der Waals surface area contributed by atoms with E-state index in [1.54, 1.807) is 29.6 Å². The van der Waals surface area contributed by atoms with Crippen LogP contribution in [0, 0.1) is 0 Å². The number of hydrogen-bond donors (Lipinski definition) is 1. The quantitative estimate of drug-likeness (QED) is 0.600. The highest BCUT2D eigenvalue weighted by Gasteiger charge is 2.21. The maximum absolute atomic E-state index is 12.9. The highest BCUT2D eigenvalue weighted by atomic mass is 32.2. The average Bonchev–Trinajstić information content (AvgIpc) is 3.21. The van der Waals surface area contributed by atoms with Gasteiger partial charge in [0.1, 0.15) is 0 Å². The number of benzene rings is 2. The molecule has 1 N–H and O–H groups in total. The van der Waals surface area contributed by atoms with Gasteiger partial charge in [-0.3, -0.25) is 9.52 Å². The molecule has 4 rings (SSSR count). The molecular formula is C23H24N2O3S2. The van der Waals surface area contributed by atoms with Gasteiger partial charge in [-0.25, -0.2) is 8.42 Å². The van der Waals surface area contributed by atoms with Crippen molar-refractivity contribution in [2.24, 2.45) is 0 Å². The number of likely N-dealkylation sites (tertiary alicyclic amines) is 1. The number of hydrogen-bond acceptors (Lipinski definition) is 4. The monoisotopic (exact) mass is 440 g/mol. The van der Waals surface area contributed by atoms with Gasteiger partial charge in [-0.1, -0.05) is 42.5 Å². The van der Waals surface area contributed by atoms with Crippen molar-refractivity contribution in [2.75, 3.05) is 17.8 Å². The Hall–Kier alpha value is -2.64. The lowest BCUT2D eigenvalue weighted by Crippen LogP contribution is -2.36. The summed E-state index contributed by atoms with van der Waals surface area (Å²) < 4.78 is 28.4. The van der Waals surface area contributed by atoms with Crippen LogP contribution in [0.15, 0.2) is 70.3 Å². The van der Waals surface area contributed by atoms with Gasteiger partial charge in [-0.15, -0.1) is 11.3 Å². The first-order valence-corrected chi connectivity index (χ1v) is 12.5. The van der Waals surface area contributed by atoms with Gasteiger partial charge in [0.25, 0.3) is 10.0 Å². The van der Waals surface area contributed by atoms with Gasteiger partial charge in [0.05, 0.1) is 17.0 Å². The van der Waals surface area contributed by atoms with E-state index in [1.165, 1.54) is 11.3 Å². The number of amides is 1. The molecule has 1 saturated heterocycles. The van der Waals surface area contributed by atoms with Crippen LogP contribution in [0.25, 0.3) is 11.1 Å². The highest BCUT2D eigenvalue weighted by Crippen LogP contribution is 2.27. The summed E-state index contributed by atoms with van der Waals surface area (Å²) in [5.41, 5.74) is 3.20. The molecule has 0 spiro atoms. The zero-order valence-corrected chi connectivity index (χ0v) is 18.2. The molecule has 30 heavy (non-hydrogen) atoms. The number of piperidine rings is 1. The van der Waals surface area contributed by atoms with Crippen molar-refractivity contribution < 1.29 is 13.2 Å². The van der Waals surface area contributed by atoms with Gasteiger partial charge in [0.2, 0.25) is 5.91 Å². The molecule has 2 heterocycles. The Morgan fingerprint density at radius 3 is 2.27 bits per heavy atom. The second-order valence-corrected chi connectivity index (χ2v) is 9.85.